The fourth-order valence-electron chi connectivity index (χ4n) is 4.27. The van der Waals surface area contributed by atoms with Gasteiger partial charge in [0.05, 0.1) is 28.4 Å². The summed E-state index contributed by atoms with van der Waals surface area (Å²) in [5.41, 5.74) is 2.93. The van der Waals surface area contributed by atoms with Crippen LogP contribution in [-0.2, 0) is 16.4 Å². The van der Waals surface area contributed by atoms with Gasteiger partial charge >= 0.3 is 0 Å². The van der Waals surface area contributed by atoms with Crippen LogP contribution < -0.4 is 19.9 Å². The molecule has 7 nitrogen and oxygen atoms in total. The highest BCUT2D eigenvalue weighted by molar-refractivity contribution is 7.90. The van der Waals surface area contributed by atoms with Gasteiger partial charge in [0.15, 0.2) is 21.3 Å². The third-order valence-electron chi connectivity index (χ3n) is 5.99. The fraction of sp³-hybridized carbons (Fsp3) is 0.240. The average molecular weight is 464 g/mol. The van der Waals surface area contributed by atoms with Crippen LogP contribution in [0.15, 0.2) is 71.6 Å². The summed E-state index contributed by atoms with van der Waals surface area (Å²) in [7, 11) is -3.28. The van der Waals surface area contributed by atoms with E-state index in [2.05, 4.69) is 10.2 Å². The highest BCUT2D eigenvalue weighted by Gasteiger charge is 2.31. The Hall–Kier alpha value is -3.36. The van der Waals surface area contributed by atoms with Crippen LogP contribution in [0.1, 0.15) is 15.9 Å². The van der Waals surface area contributed by atoms with E-state index in [0.717, 1.165) is 37.4 Å². The molecule has 33 heavy (non-hydrogen) atoms. The van der Waals surface area contributed by atoms with Crippen LogP contribution in [0.3, 0.4) is 0 Å². The lowest BCUT2D eigenvalue weighted by Crippen LogP contribution is -2.43. The van der Waals surface area contributed by atoms with E-state index in [1.54, 1.807) is 35.2 Å². The number of anilines is 2. The van der Waals surface area contributed by atoms with Crippen LogP contribution in [0.25, 0.3) is 0 Å². The Morgan fingerprint density at radius 2 is 1.61 bits per heavy atom. The molecule has 3 aromatic rings. The van der Waals surface area contributed by atoms with Crippen LogP contribution >= 0.6 is 0 Å². The molecule has 1 saturated heterocycles. The number of rotatable bonds is 4. The fourth-order valence-corrected chi connectivity index (χ4v) is 4.90. The molecule has 170 valence electrons. The number of ether oxygens (including phenoxy) is 1. The van der Waals surface area contributed by atoms with E-state index in [4.69, 9.17) is 4.74 Å². The number of sulfone groups is 1. The monoisotopic (exact) mass is 463 g/mol. The summed E-state index contributed by atoms with van der Waals surface area (Å²) in [5.74, 6) is 1.03. The molecule has 0 spiro atoms. The number of piperazine rings is 1. The van der Waals surface area contributed by atoms with Crippen molar-refractivity contribution in [2.45, 2.75) is 11.4 Å². The first-order chi connectivity index (χ1) is 15.9. The first-order valence-electron chi connectivity index (χ1n) is 10.9. The van der Waals surface area contributed by atoms with Crippen LogP contribution in [0.5, 0.6) is 11.5 Å². The molecule has 0 bridgehead atoms. The van der Waals surface area contributed by atoms with Gasteiger partial charge in [0.1, 0.15) is 0 Å². The summed E-state index contributed by atoms with van der Waals surface area (Å²) in [6.45, 7) is 3.73. The molecule has 0 aromatic heterocycles. The largest absolute Gasteiger partial charge is 0.452 e. The van der Waals surface area contributed by atoms with Crippen molar-refractivity contribution in [3.63, 3.8) is 0 Å². The van der Waals surface area contributed by atoms with Crippen molar-refractivity contribution in [1.82, 2.24) is 5.32 Å². The summed E-state index contributed by atoms with van der Waals surface area (Å²) in [4.78, 5) is 18.0. The van der Waals surface area contributed by atoms with Gasteiger partial charge in [0, 0.05) is 32.4 Å². The van der Waals surface area contributed by atoms with Gasteiger partial charge < -0.3 is 19.9 Å². The van der Waals surface area contributed by atoms with Gasteiger partial charge in [0.25, 0.3) is 5.91 Å². The maximum absolute atomic E-state index is 13.8. The van der Waals surface area contributed by atoms with Crippen molar-refractivity contribution in [3.05, 3.63) is 77.9 Å². The van der Waals surface area contributed by atoms with E-state index < -0.39 is 9.84 Å². The van der Waals surface area contributed by atoms with E-state index in [-0.39, 0.29) is 10.8 Å². The highest BCUT2D eigenvalue weighted by atomic mass is 32.2. The van der Waals surface area contributed by atoms with Gasteiger partial charge in [-0.25, -0.2) is 8.42 Å². The summed E-state index contributed by atoms with van der Waals surface area (Å²) in [6, 6.07) is 19.8. The number of hydrogen-bond donors (Lipinski definition) is 1. The summed E-state index contributed by atoms with van der Waals surface area (Å²) in [5, 5.41) is 3.35. The van der Waals surface area contributed by atoms with Crippen LogP contribution in [-0.4, -0.2) is 46.8 Å². The molecular formula is C25H25N3O4S. The number of hydrogen-bond acceptors (Lipinski definition) is 6. The third-order valence-corrected chi connectivity index (χ3v) is 7.12. The molecule has 0 radical (unpaired) electrons. The number of nitrogens with zero attached hydrogens (tertiary/aromatic N) is 2. The predicted molar refractivity (Wildman–Crippen MR) is 128 cm³/mol. The van der Waals surface area contributed by atoms with Crippen molar-refractivity contribution < 1.29 is 17.9 Å². The first kappa shape index (κ1) is 21.5. The molecule has 1 amide bonds. The summed E-state index contributed by atoms with van der Waals surface area (Å²) >= 11 is 0. The highest BCUT2D eigenvalue weighted by Crippen LogP contribution is 2.44. The lowest BCUT2D eigenvalue weighted by molar-refractivity contribution is 0.0985. The standard InChI is InChI=1S/C25H25N3O4S/c1-33(30,31)19-11-9-18(10-12-19)17-28-21-6-2-3-8-23(21)32-24-20(25(28)29)5-4-7-22(24)27-15-13-26-14-16-27/h2-12,26H,13-17H2,1H3. The zero-order chi connectivity index (χ0) is 23.0. The van der Waals surface area contributed by atoms with E-state index in [9.17, 15) is 13.2 Å². The second-order valence-electron chi connectivity index (χ2n) is 8.27. The Morgan fingerprint density at radius 1 is 0.909 bits per heavy atom. The Labute approximate surface area is 193 Å². The van der Waals surface area contributed by atoms with Gasteiger partial charge in [-0.1, -0.05) is 30.3 Å². The zero-order valence-electron chi connectivity index (χ0n) is 18.3. The Morgan fingerprint density at radius 3 is 2.33 bits per heavy atom. The molecule has 0 saturated carbocycles. The maximum Gasteiger partial charge on any atom is 0.262 e. The molecule has 2 aliphatic rings. The molecule has 8 heteroatoms. The Balaban J connectivity index is 1.56. The van der Waals surface area contributed by atoms with Crippen molar-refractivity contribution in [2.24, 2.45) is 0 Å². The number of amides is 1. The number of carbonyl (C=O) groups excluding carboxylic acids is 1. The molecule has 5 rings (SSSR count). The third kappa shape index (κ3) is 4.19. The zero-order valence-corrected chi connectivity index (χ0v) is 19.1. The van der Waals surface area contributed by atoms with Gasteiger partial charge in [-0.05, 0) is 42.0 Å². The number of para-hydroxylation sites is 3. The number of benzene rings is 3. The molecule has 0 atom stereocenters. The van der Waals surface area contributed by atoms with Crippen LogP contribution in [0, 0.1) is 0 Å². The normalized spacial score (nSPS) is 16.0. The Bertz CT molecular complexity index is 1300. The predicted octanol–water partition coefficient (Wildman–Crippen LogP) is 3.45. The van der Waals surface area contributed by atoms with E-state index in [0.29, 0.717) is 29.3 Å². The van der Waals surface area contributed by atoms with Crippen molar-refractivity contribution >= 4 is 27.1 Å². The van der Waals surface area contributed by atoms with Crippen molar-refractivity contribution in [2.75, 3.05) is 42.2 Å². The van der Waals surface area contributed by atoms with E-state index in [1.807, 2.05) is 36.4 Å². The number of fused-ring (bicyclic) bond motifs is 2. The molecule has 2 aliphatic heterocycles. The average Bonchev–Trinajstić information content (AvgIpc) is 2.94. The molecule has 1 N–H and O–H groups in total. The van der Waals surface area contributed by atoms with Crippen LogP contribution in [0.2, 0.25) is 0 Å². The minimum Gasteiger partial charge on any atom is -0.452 e. The molecule has 3 aromatic carbocycles. The van der Waals surface area contributed by atoms with Crippen LogP contribution in [0.4, 0.5) is 11.4 Å². The second-order valence-corrected chi connectivity index (χ2v) is 10.3. The SMILES string of the molecule is CS(=O)(=O)c1ccc(CN2C(=O)c3cccc(N4CCNCC4)c3Oc3ccccc32)cc1. The smallest absolute Gasteiger partial charge is 0.262 e. The van der Waals surface area contributed by atoms with Gasteiger partial charge in [0.2, 0.25) is 0 Å². The topological polar surface area (TPSA) is 79.0 Å². The second kappa shape index (κ2) is 8.53. The molecule has 2 heterocycles. The molecular weight excluding hydrogens is 438 g/mol. The van der Waals surface area contributed by atoms with E-state index >= 15 is 0 Å². The molecule has 1 fully saturated rings. The van der Waals surface area contributed by atoms with Gasteiger partial charge in [-0.15, -0.1) is 0 Å². The molecule has 0 unspecified atom stereocenters. The summed E-state index contributed by atoms with van der Waals surface area (Å²) in [6.07, 6.45) is 1.18. The van der Waals surface area contributed by atoms with Crippen molar-refractivity contribution in [1.29, 1.82) is 0 Å². The quantitative estimate of drug-likeness (QED) is 0.639. The lowest BCUT2D eigenvalue weighted by atomic mass is 10.1. The lowest BCUT2D eigenvalue weighted by Gasteiger charge is -2.31. The van der Waals surface area contributed by atoms with Gasteiger partial charge in [-0.3, -0.25) is 4.79 Å². The number of carbonyl (C=O) groups is 1. The minimum absolute atomic E-state index is 0.154. The minimum atomic E-state index is -3.28. The summed E-state index contributed by atoms with van der Waals surface area (Å²) < 4.78 is 30.0. The molecule has 0 aliphatic carbocycles. The Kier molecular flexibility index (Phi) is 5.55. The number of nitrogens with one attached hydrogen (secondary N) is 1. The van der Waals surface area contributed by atoms with Gasteiger partial charge in [-0.2, -0.15) is 0 Å². The van der Waals surface area contributed by atoms with Crippen molar-refractivity contribution in [3.8, 4) is 11.5 Å². The maximum atomic E-state index is 13.8. The first-order valence-corrected chi connectivity index (χ1v) is 12.8. The van der Waals surface area contributed by atoms with E-state index in [1.165, 1.54) is 6.26 Å².